The number of nitrogens with two attached hydrogens (primary N) is 1. The second-order valence-corrected chi connectivity index (χ2v) is 5.57. The first kappa shape index (κ1) is 14.7. The minimum atomic E-state index is -0.179. The maximum atomic E-state index is 11.9. The van der Waals surface area contributed by atoms with Crippen molar-refractivity contribution in [2.75, 3.05) is 16.9 Å². The lowest BCUT2D eigenvalue weighted by Gasteiger charge is -2.07. The number of carbonyl (C=O) groups is 1. The number of anilines is 1. The van der Waals surface area contributed by atoms with Crippen LogP contribution < -0.4 is 11.2 Å². The molecule has 0 saturated heterocycles. The first-order valence-corrected chi connectivity index (χ1v) is 7.19. The van der Waals surface area contributed by atoms with E-state index in [1.807, 2.05) is 13.0 Å². The quantitative estimate of drug-likeness (QED) is 0.666. The third kappa shape index (κ3) is 3.43. The number of thioether (sulfide) groups is 1. The Labute approximate surface area is 125 Å². The molecular weight excluding hydrogens is 298 g/mol. The van der Waals surface area contributed by atoms with Gasteiger partial charge in [0.15, 0.2) is 0 Å². The van der Waals surface area contributed by atoms with E-state index >= 15 is 0 Å². The van der Waals surface area contributed by atoms with Crippen LogP contribution in [0.1, 0.15) is 11.4 Å². The van der Waals surface area contributed by atoms with Gasteiger partial charge in [-0.15, -0.1) is 10.2 Å². The molecule has 0 unspecified atom stereocenters. The van der Waals surface area contributed by atoms with E-state index in [9.17, 15) is 4.79 Å². The first-order valence-electron chi connectivity index (χ1n) is 5.83. The van der Waals surface area contributed by atoms with Crippen LogP contribution in [0.5, 0.6) is 0 Å². The van der Waals surface area contributed by atoms with Gasteiger partial charge in [-0.1, -0.05) is 29.4 Å². The number of aromatic nitrogens is 3. The molecule has 6 nitrogen and oxygen atoms in total. The smallest absolute Gasteiger partial charge is 0.234 e. The van der Waals surface area contributed by atoms with Gasteiger partial charge in [0.25, 0.3) is 0 Å². The third-order valence-corrected chi connectivity index (χ3v) is 3.82. The molecule has 2 rings (SSSR count). The van der Waals surface area contributed by atoms with Crippen LogP contribution in [0.25, 0.3) is 0 Å². The lowest BCUT2D eigenvalue weighted by atomic mass is 10.2. The van der Waals surface area contributed by atoms with Crippen LogP contribution in [0.3, 0.4) is 0 Å². The van der Waals surface area contributed by atoms with Gasteiger partial charge in [0.05, 0.1) is 16.5 Å². The summed E-state index contributed by atoms with van der Waals surface area (Å²) in [5.74, 6) is 6.29. The second kappa shape index (κ2) is 6.15. The zero-order valence-corrected chi connectivity index (χ0v) is 12.6. The van der Waals surface area contributed by atoms with E-state index in [1.165, 1.54) is 16.4 Å². The van der Waals surface area contributed by atoms with Crippen LogP contribution in [0.2, 0.25) is 5.02 Å². The van der Waals surface area contributed by atoms with Gasteiger partial charge in [-0.3, -0.25) is 4.79 Å². The highest BCUT2D eigenvalue weighted by Crippen LogP contribution is 2.23. The Hall–Kier alpha value is -1.73. The summed E-state index contributed by atoms with van der Waals surface area (Å²) >= 11 is 7.26. The number of nitrogen functional groups attached to an aromatic ring is 1. The van der Waals surface area contributed by atoms with Gasteiger partial charge in [0.1, 0.15) is 5.82 Å². The molecule has 0 aliphatic carbocycles. The largest absolute Gasteiger partial charge is 0.336 e. The van der Waals surface area contributed by atoms with Crippen molar-refractivity contribution in [2.24, 2.45) is 0 Å². The maximum absolute atomic E-state index is 11.9. The maximum Gasteiger partial charge on any atom is 0.234 e. The fourth-order valence-corrected chi connectivity index (χ4v) is 2.47. The molecular formula is C12H14ClN5OS. The molecule has 1 aromatic carbocycles. The topological polar surface area (TPSA) is 85.8 Å². The van der Waals surface area contributed by atoms with Crippen molar-refractivity contribution in [1.82, 2.24) is 14.9 Å². The molecule has 0 spiro atoms. The highest BCUT2D eigenvalue weighted by atomic mass is 35.5. The Bertz CT molecular complexity index is 643. The van der Waals surface area contributed by atoms with Gasteiger partial charge in [-0.05, 0) is 31.5 Å². The van der Waals surface area contributed by atoms with E-state index in [4.69, 9.17) is 17.4 Å². The van der Waals surface area contributed by atoms with Crippen molar-refractivity contribution >= 4 is 35.0 Å². The third-order valence-electron chi connectivity index (χ3n) is 2.57. The van der Waals surface area contributed by atoms with Crippen molar-refractivity contribution < 1.29 is 4.79 Å². The number of aryl methyl sites for hydroxylation is 2. The number of nitrogens with zero attached hydrogens (tertiary/aromatic N) is 3. The van der Waals surface area contributed by atoms with Crippen LogP contribution in [0.4, 0.5) is 5.69 Å². The molecule has 2 aromatic rings. The number of carbonyl (C=O) groups excluding carboxylic acids is 1. The fraction of sp³-hybridized carbons (Fsp3) is 0.250. The number of nitrogens with one attached hydrogen (secondary N) is 1. The van der Waals surface area contributed by atoms with E-state index in [-0.39, 0.29) is 11.7 Å². The average Bonchev–Trinajstić information content (AvgIpc) is 2.71. The van der Waals surface area contributed by atoms with Crippen molar-refractivity contribution in [3.63, 3.8) is 0 Å². The molecule has 0 aliphatic rings. The number of amides is 1. The summed E-state index contributed by atoms with van der Waals surface area (Å²) in [5.41, 5.74) is 1.63. The summed E-state index contributed by atoms with van der Waals surface area (Å²) < 4.78 is 1.34. The predicted molar refractivity (Wildman–Crippen MR) is 80.5 cm³/mol. The molecule has 1 amide bonds. The van der Waals surface area contributed by atoms with E-state index in [0.717, 1.165) is 5.56 Å². The summed E-state index contributed by atoms with van der Waals surface area (Å²) in [7, 11) is 0. The van der Waals surface area contributed by atoms with Crippen LogP contribution in [-0.4, -0.2) is 26.5 Å². The molecule has 1 heterocycles. The van der Waals surface area contributed by atoms with E-state index in [1.54, 1.807) is 19.1 Å². The molecule has 106 valence electrons. The minimum absolute atomic E-state index is 0.179. The van der Waals surface area contributed by atoms with E-state index in [0.29, 0.717) is 21.7 Å². The average molecular weight is 312 g/mol. The Morgan fingerprint density at radius 2 is 2.20 bits per heavy atom. The molecule has 0 saturated carbocycles. The zero-order valence-electron chi connectivity index (χ0n) is 11.1. The number of benzene rings is 1. The molecule has 0 radical (unpaired) electrons. The van der Waals surface area contributed by atoms with E-state index in [2.05, 4.69) is 15.5 Å². The summed E-state index contributed by atoms with van der Waals surface area (Å²) in [4.78, 5) is 11.9. The van der Waals surface area contributed by atoms with E-state index < -0.39 is 0 Å². The van der Waals surface area contributed by atoms with Crippen LogP contribution >= 0.6 is 23.4 Å². The molecule has 0 aliphatic heterocycles. The van der Waals surface area contributed by atoms with Gasteiger partial charge >= 0.3 is 0 Å². The Kier molecular flexibility index (Phi) is 4.51. The molecule has 20 heavy (non-hydrogen) atoms. The summed E-state index contributed by atoms with van der Waals surface area (Å²) in [6.45, 7) is 3.67. The van der Waals surface area contributed by atoms with Crippen LogP contribution in [-0.2, 0) is 4.79 Å². The van der Waals surface area contributed by atoms with Crippen molar-refractivity contribution in [2.45, 2.75) is 19.0 Å². The highest BCUT2D eigenvalue weighted by molar-refractivity contribution is 7.99. The number of halogens is 1. The normalized spacial score (nSPS) is 10.6. The molecule has 8 heteroatoms. The molecule has 0 fully saturated rings. The summed E-state index contributed by atoms with van der Waals surface area (Å²) in [5, 5.41) is 11.4. The van der Waals surface area contributed by atoms with Crippen molar-refractivity contribution in [3.05, 3.63) is 34.6 Å². The van der Waals surface area contributed by atoms with Crippen LogP contribution in [0, 0.1) is 13.8 Å². The van der Waals surface area contributed by atoms with Gasteiger partial charge < -0.3 is 11.2 Å². The fourth-order valence-electron chi connectivity index (χ4n) is 1.49. The monoisotopic (exact) mass is 311 g/mol. The summed E-state index contributed by atoms with van der Waals surface area (Å²) in [6.07, 6.45) is 0. The highest BCUT2D eigenvalue weighted by Gasteiger charge is 2.11. The van der Waals surface area contributed by atoms with Gasteiger partial charge in [-0.25, -0.2) is 4.68 Å². The molecule has 3 N–H and O–H groups in total. The van der Waals surface area contributed by atoms with Crippen molar-refractivity contribution in [3.8, 4) is 0 Å². The predicted octanol–water partition coefficient (Wildman–Crippen LogP) is 1.99. The molecule has 0 atom stereocenters. The number of hydrogen-bond acceptors (Lipinski definition) is 5. The summed E-state index contributed by atoms with van der Waals surface area (Å²) in [6, 6.07) is 5.45. The zero-order chi connectivity index (χ0) is 14.7. The lowest BCUT2D eigenvalue weighted by molar-refractivity contribution is -0.113. The Morgan fingerprint density at radius 1 is 1.45 bits per heavy atom. The second-order valence-electron chi connectivity index (χ2n) is 4.22. The molecule has 0 bridgehead atoms. The lowest BCUT2D eigenvalue weighted by Crippen LogP contribution is -2.16. The standard InChI is InChI=1S/C12H14ClN5OS/c1-7-3-4-10(9(13)5-7)15-11(19)6-20-12-17-16-8(2)18(12)14/h3-5H,6,14H2,1-2H3,(H,15,19). The first-order chi connectivity index (χ1) is 9.47. The number of hydrogen-bond donors (Lipinski definition) is 2. The van der Waals surface area contributed by atoms with Crippen molar-refractivity contribution in [1.29, 1.82) is 0 Å². The Morgan fingerprint density at radius 3 is 2.80 bits per heavy atom. The van der Waals surface area contributed by atoms with Crippen LogP contribution in [0.15, 0.2) is 23.4 Å². The minimum Gasteiger partial charge on any atom is -0.336 e. The Balaban J connectivity index is 1.94. The SMILES string of the molecule is Cc1ccc(NC(=O)CSc2nnc(C)n2N)c(Cl)c1. The van der Waals surface area contributed by atoms with Gasteiger partial charge in [-0.2, -0.15) is 0 Å². The molecule has 1 aromatic heterocycles. The number of rotatable bonds is 4. The van der Waals surface area contributed by atoms with Gasteiger partial charge in [0.2, 0.25) is 11.1 Å². The van der Waals surface area contributed by atoms with Gasteiger partial charge in [0, 0.05) is 0 Å².